The van der Waals surface area contributed by atoms with Gasteiger partial charge in [0.1, 0.15) is 22.8 Å². The quantitative estimate of drug-likeness (QED) is 0.590. The van der Waals surface area contributed by atoms with Crippen LogP contribution in [0.3, 0.4) is 0 Å². The minimum atomic E-state index is -1.25. The molecule has 0 unspecified atom stereocenters. The Morgan fingerprint density at radius 1 is 1.18 bits per heavy atom. The molecule has 3 amide bonds. The van der Waals surface area contributed by atoms with Gasteiger partial charge in [-0.25, -0.2) is 4.79 Å². The van der Waals surface area contributed by atoms with Gasteiger partial charge < -0.3 is 19.9 Å². The number of methoxy groups -OCH3 is 1. The minimum Gasteiger partial charge on any atom is -0.507 e. The number of hydrazone groups is 1. The first-order chi connectivity index (χ1) is 13.4. The number of urea groups is 1. The van der Waals surface area contributed by atoms with Crippen molar-refractivity contribution in [3.05, 3.63) is 53.6 Å². The molecule has 8 nitrogen and oxygen atoms in total. The Labute approximate surface area is 162 Å². The highest BCUT2D eigenvalue weighted by atomic mass is 16.5. The standard InChI is InChI=1S/C20H21N3O5/c1-4-28-16-8-5-13(17(24)11-16)12-21-23-18(25)20(2,22-19(23)26)14-6-9-15(27-3)10-7-14/h5-12,24H,4H2,1-3H3,(H,22,26)/b21-12+/t20-/m0/s1. The first kappa shape index (κ1) is 19.2. The van der Waals surface area contributed by atoms with Gasteiger partial charge in [-0.15, -0.1) is 5.01 Å². The molecule has 1 atom stereocenters. The SMILES string of the molecule is CCOc1ccc(/C=N/N2C(=O)N[C@@](C)(c3ccc(OC)cc3)C2=O)c(O)c1. The van der Waals surface area contributed by atoms with Crippen LogP contribution in [0.1, 0.15) is 25.0 Å². The fourth-order valence-corrected chi connectivity index (χ4v) is 2.86. The zero-order valence-corrected chi connectivity index (χ0v) is 15.8. The number of ether oxygens (including phenoxy) is 2. The van der Waals surface area contributed by atoms with Crippen LogP contribution in [0.5, 0.6) is 17.2 Å². The van der Waals surface area contributed by atoms with E-state index in [1.807, 2.05) is 6.92 Å². The summed E-state index contributed by atoms with van der Waals surface area (Å²) >= 11 is 0. The molecule has 146 valence electrons. The molecule has 8 heteroatoms. The molecule has 1 heterocycles. The van der Waals surface area contributed by atoms with Crippen LogP contribution in [0, 0.1) is 0 Å². The average molecular weight is 383 g/mol. The predicted octanol–water partition coefficient (Wildman–Crippen LogP) is 2.60. The normalized spacial score (nSPS) is 19.2. The molecule has 3 rings (SSSR count). The molecule has 0 radical (unpaired) electrons. The smallest absolute Gasteiger partial charge is 0.346 e. The Kier molecular flexibility index (Phi) is 5.21. The lowest BCUT2D eigenvalue weighted by atomic mass is 9.92. The van der Waals surface area contributed by atoms with Gasteiger partial charge in [-0.3, -0.25) is 4.79 Å². The van der Waals surface area contributed by atoms with Crippen molar-refractivity contribution in [2.24, 2.45) is 5.10 Å². The Balaban J connectivity index is 1.82. The number of phenolic OH excluding ortho intramolecular Hbond substituents is 1. The number of hydrogen-bond acceptors (Lipinski definition) is 6. The number of carbonyl (C=O) groups excluding carboxylic acids is 2. The fourth-order valence-electron chi connectivity index (χ4n) is 2.86. The second-order valence-electron chi connectivity index (χ2n) is 6.30. The number of aromatic hydroxyl groups is 1. The molecule has 0 aromatic heterocycles. The zero-order chi connectivity index (χ0) is 20.3. The van der Waals surface area contributed by atoms with Gasteiger partial charge in [0, 0.05) is 11.6 Å². The van der Waals surface area contributed by atoms with Crippen molar-refractivity contribution in [2.45, 2.75) is 19.4 Å². The Hall–Kier alpha value is -3.55. The van der Waals surface area contributed by atoms with Crippen LogP contribution in [0.4, 0.5) is 4.79 Å². The third kappa shape index (κ3) is 3.48. The van der Waals surface area contributed by atoms with Crippen molar-refractivity contribution < 1.29 is 24.2 Å². The average Bonchev–Trinajstić information content (AvgIpc) is 2.91. The first-order valence-electron chi connectivity index (χ1n) is 8.70. The van der Waals surface area contributed by atoms with E-state index in [-0.39, 0.29) is 5.75 Å². The third-order valence-corrected chi connectivity index (χ3v) is 4.46. The van der Waals surface area contributed by atoms with E-state index in [2.05, 4.69) is 10.4 Å². The van der Waals surface area contributed by atoms with E-state index in [1.54, 1.807) is 50.4 Å². The molecule has 0 saturated carbocycles. The van der Waals surface area contributed by atoms with Crippen molar-refractivity contribution in [1.82, 2.24) is 10.3 Å². The minimum absolute atomic E-state index is 0.0697. The largest absolute Gasteiger partial charge is 0.507 e. The van der Waals surface area contributed by atoms with Crippen LogP contribution in [0.25, 0.3) is 0 Å². The number of imide groups is 1. The van der Waals surface area contributed by atoms with E-state index in [9.17, 15) is 14.7 Å². The molecule has 0 aliphatic carbocycles. The second kappa shape index (κ2) is 7.59. The number of benzene rings is 2. The highest BCUT2D eigenvalue weighted by molar-refractivity contribution is 6.07. The van der Waals surface area contributed by atoms with E-state index in [0.717, 1.165) is 5.01 Å². The van der Waals surface area contributed by atoms with E-state index in [4.69, 9.17) is 9.47 Å². The summed E-state index contributed by atoms with van der Waals surface area (Å²) in [6.07, 6.45) is 1.25. The third-order valence-electron chi connectivity index (χ3n) is 4.46. The van der Waals surface area contributed by atoms with E-state index in [0.29, 0.717) is 29.2 Å². The van der Waals surface area contributed by atoms with Crippen molar-refractivity contribution in [1.29, 1.82) is 0 Å². The molecule has 1 fully saturated rings. The fraction of sp³-hybridized carbons (Fsp3) is 0.250. The van der Waals surface area contributed by atoms with Crippen LogP contribution in [-0.2, 0) is 10.3 Å². The number of nitrogens with one attached hydrogen (secondary N) is 1. The summed E-state index contributed by atoms with van der Waals surface area (Å²) in [6, 6.07) is 10.9. The summed E-state index contributed by atoms with van der Waals surface area (Å²) in [5.41, 5.74) is -0.294. The maximum atomic E-state index is 12.9. The van der Waals surface area contributed by atoms with E-state index < -0.39 is 17.5 Å². The molecule has 1 saturated heterocycles. The van der Waals surface area contributed by atoms with Crippen molar-refractivity contribution in [3.8, 4) is 17.2 Å². The number of hydrogen-bond donors (Lipinski definition) is 2. The molecule has 2 aromatic carbocycles. The van der Waals surface area contributed by atoms with Crippen molar-refractivity contribution >= 4 is 18.2 Å². The predicted molar refractivity (Wildman–Crippen MR) is 103 cm³/mol. The Morgan fingerprint density at radius 3 is 2.46 bits per heavy atom. The van der Waals surface area contributed by atoms with Gasteiger partial charge in [0.2, 0.25) is 0 Å². The molecule has 1 aliphatic heterocycles. The molecule has 2 N–H and O–H groups in total. The number of phenols is 1. The molecular weight excluding hydrogens is 362 g/mol. The van der Waals surface area contributed by atoms with Crippen molar-refractivity contribution in [2.75, 3.05) is 13.7 Å². The van der Waals surface area contributed by atoms with E-state index in [1.165, 1.54) is 12.3 Å². The first-order valence-corrected chi connectivity index (χ1v) is 8.70. The summed E-state index contributed by atoms with van der Waals surface area (Å²) in [7, 11) is 1.55. The molecule has 28 heavy (non-hydrogen) atoms. The Morgan fingerprint density at radius 2 is 1.86 bits per heavy atom. The van der Waals surface area contributed by atoms with Crippen molar-refractivity contribution in [3.63, 3.8) is 0 Å². The highest BCUT2D eigenvalue weighted by Gasteiger charge is 2.49. The lowest BCUT2D eigenvalue weighted by Crippen LogP contribution is -2.40. The van der Waals surface area contributed by atoms with Crippen LogP contribution < -0.4 is 14.8 Å². The van der Waals surface area contributed by atoms with Gasteiger partial charge in [0.25, 0.3) is 5.91 Å². The molecule has 0 spiro atoms. The van der Waals surface area contributed by atoms with Gasteiger partial charge in [-0.1, -0.05) is 12.1 Å². The maximum absolute atomic E-state index is 12.9. The second-order valence-corrected chi connectivity index (χ2v) is 6.30. The highest BCUT2D eigenvalue weighted by Crippen LogP contribution is 2.30. The maximum Gasteiger partial charge on any atom is 0.346 e. The van der Waals surface area contributed by atoms with Gasteiger partial charge in [-0.2, -0.15) is 5.10 Å². The van der Waals surface area contributed by atoms with Gasteiger partial charge in [0.15, 0.2) is 0 Å². The lowest BCUT2D eigenvalue weighted by molar-refractivity contribution is -0.131. The van der Waals surface area contributed by atoms with Gasteiger partial charge in [0.05, 0.1) is 19.9 Å². The molecular formula is C20H21N3O5. The summed E-state index contributed by atoms with van der Waals surface area (Å²) < 4.78 is 10.4. The van der Waals surface area contributed by atoms with Gasteiger partial charge in [-0.05, 0) is 43.7 Å². The van der Waals surface area contributed by atoms with E-state index >= 15 is 0 Å². The summed E-state index contributed by atoms with van der Waals surface area (Å²) in [4.78, 5) is 25.2. The summed E-state index contributed by atoms with van der Waals surface area (Å²) in [5, 5.41) is 17.4. The van der Waals surface area contributed by atoms with Crippen LogP contribution in [-0.4, -0.2) is 42.0 Å². The zero-order valence-electron chi connectivity index (χ0n) is 15.8. The molecule has 0 bridgehead atoms. The van der Waals surface area contributed by atoms with Crippen LogP contribution >= 0.6 is 0 Å². The lowest BCUT2D eigenvalue weighted by Gasteiger charge is -2.21. The Bertz CT molecular complexity index is 926. The monoisotopic (exact) mass is 383 g/mol. The van der Waals surface area contributed by atoms with Crippen LogP contribution in [0.15, 0.2) is 47.6 Å². The number of rotatable bonds is 6. The summed E-state index contributed by atoms with van der Waals surface area (Å²) in [5.74, 6) is 0.563. The number of amides is 3. The topological polar surface area (TPSA) is 100 Å². The molecule has 1 aliphatic rings. The summed E-state index contributed by atoms with van der Waals surface area (Å²) in [6.45, 7) is 3.92. The molecule has 2 aromatic rings. The number of nitrogens with zero attached hydrogens (tertiary/aromatic N) is 2. The van der Waals surface area contributed by atoms with Crippen LogP contribution in [0.2, 0.25) is 0 Å². The van der Waals surface area contributed by atoms with Gasteiger partial charge >= 0.3 is 6.03 Å². The number of carbonyl (C=O) groups is 2.